The topological polar surface area (TPSA) is 98.1 Å². The first-order valence-corrected chi connectivity index (χ1v) is 12.4. The third-order valence-electron chi connectivity index (χ3n) is 6.62. The number of rotatable bonds is 6. The lowest BCUT2D eigenvalue weighted by atomic mass is 9.99. The van der Waals surface area contributed by atoms with Gasteiger partial charge in [-0.3, -0.25) is 14.6 Å². The summed E-state index contributed by atoms with van der Waals surface area (Å²) in [5.41, 5.74) is 7.17. The van der Waals surface area contributed by atoms with E-state index in [1.165, 1.54) is 17.3 Å². The number of pyridine rings is 1. The van der Waals surface area contributed by atoms with Crippen molar-refractivity contribution in [2.75, 3.05) is 18.9 Å². The third-order valence-corrected chi connectivity index (χ3v) is 6.62. The molecule has 0 atom stereocenters. The molecule has 38 heavy (non-hydrogen) atoms. The van der Waals surface area contributed by atoms with E-state index < -0.39 is 0 Å². The zero-order valence-corrected chi connectivity index (χ0v) is 21.1. The fourth-order valence-electron chi connectivity index (χ4n) is 4.53. The lowest BCUT2D eigenvalue weighted by Gasteiger charge is -2.25. The zero-order valence-electron chi connectivity index (χ0n) is 21.1. The summed E-state index contributed by atoms with van der Waals surface area (Å²) in [5.74, 6) is -0.453. The lowest BCUT2D eigenvalue weighted by Crippen LogP contribution is -2.26. The summed E-state index contributed by atoms with van der Waals surface area (Å²) in [5, 5.41) is 15.0. The normalized spacial score (nSPS) is 12.7. The fraction of sp³-hybridized carbons (Fsp3) is 0.161. The number of carbonyl (C=O) groups excluding carboxylic acids is 2. The average molecular weight is 502 g/mol. The van der Waals surface area contributed by atoms with Crippen molar-refractivity contribution in [3.8, 4) is 17.3 Å². The van der Waals surface area contributed by atoms with Gasteiger partial charge >= 0.3 is 0 Å². The van der Waals surface area contributed by atoms with E-state index in [0.29, 0.717) is 22.4 Å². The number of benzene rings is 3. The summed E-state index contributed by atoms with van der Waals surface area (Å²) >= 11 is 0. The molecular weight excluding hydrogens is 474 g/mol. The number of carbonyl (C=O) groups is 2. The first-order valence-electron chi connectivity index (χ1n) is 12.4. The number of nitrogens with zero attached hydrogens (tertiary/aromatic N) is 3. The molecule has 188 valence electrons. The van der Waals surface area contributed by atoms with Gasteiger partial charge in [-0.25, -0.2) is 0 Å². The van der Waals surface area contributed by atoms with Crippen molar-refractivity contribution in [2.45, 2.75) is 19.5 Å². The van der Waals surface area contributed by atoms with Crippen molar-refractivity contribution in [3.05, 3.63) is 118 Å². The van der Waals surface area contributed by atoms with E-state index >= 15 is 0 Å². The highest BCUT2D eigenvalue weighted by Gasteiger charge is 2.15. The average Bonchev–Trinajstić information content (AvgIpc) is 2.96. The molecule has 0 unspecified atom stereocenters. The van der Waals surface area contributed by atoms with E-state index in [1.807, 2.05) is 30.3 Å². The Labute approximate surface area is 221 Å². The molecule has 1 aliphatic heterocycles. The number of hydrogen-bond donors (Lipinski definition) is 2. The maximum absolute atomic E-state index is 12.9. The molecule has 1 aromatic heterocycles. The number of fused-ring (bicyclic) bond motifs is 1. The molecule has 2 N–H and O–H groups in total. The summed E-state index contributed by atoms with van der Waals surface area (Å²) in [4.78, 5) is 32.3. The number of amides is 2. The fourth-order valence-corrected chi connectivity index (χ4v) is 4.53. The van der Waals surface area contributed by atoms with Crippen molar-refractivity contribution in [3.63, 3.8) is 0 Å². The summed E-state index contributed by atoms with van der Waals surface area (Å²) in [6, 6.07) is 26.1. The van der Waals surface area contributed by atoms with Crippen molar-refractivity contribution >= 4 is 17.5 Å². The van der Waals surface area contributed by atoms with Crippen molar-refractivity contribution in [1.82, 2.24) is 15.2 Å². The molecule has 7 heteroatoms. The molecule has 2 heterocycles. The van der Waals surface area contributed by atoms with E-state index in [-0.39, 0.29) is 18.4 Å². The molecule has 0 radical (unpaired) electrons. The minimum atomic E-state index is -0.260. The molecule has 0 fully saturated rings. The van der Waals surface area contributed by atoms with Crippen LogP contribution in [0, 0.1) is 11.3 Å². The predicted molar refractivity (Wildman–Crippen MR) is 146 cm³/mol. The number of aromatic nitrogens is 1. The van der Waals surface area contributed by atoms with Crippen molar-refractivity contribution in [2.24, 2.45) is 0 Å². The van der Waals surface area contributed by atoms with Gasteiger partial charge in [-0.05, 0) is 78.7 Å². The van der Waals surface area contributed by atoms with E-state index in [4.69, 9.17) is 5.26 Å². The number of nitrogens with one attached hydrogen (secondary N) is 2. The Hall–Kier alpha value is -4.80. The highest BCUT2D eigenvalue weighted by Crippen LogP contribution is 2.23. The molecule has 4 aromatic rings. The SMILES string of the molecule is CN1CCc2ccc(NC(=O)c3cccc(CNC(=O)c4ccc(-c5cccc(C#N)c5)nc4)c3)cc2C1. The Morgan fingerprint density at radius 2 is 1.82 bits per heavy atom. The van der Waals surface area contributed by atoms with Gasteiger partial charge < -0.3 is 15.5 Å². The van der Waals surface area contributed by atoms with E-state index in [9.17, 15) is 9.59 Å². The molecule has 3 aromatic carbocycles. The largest absolute Gasteiger partial charge is 0.348 e. The number of anilines is 1. The van der Waals surface area contributed by atoms with Gasteiger partial charge in [0.25, 0.3) is 11.8 Å². The molecular formula is C31H27N5O2. The maximum Gasteiger partial charge on any atom is 0.255 e. The van der Waals surface area contributed by atoms with Gasteiger partial charge in [0, 0.05) is 42.6 Å². The van der Waals surface area contributed by atoms with Crippen LogP contribution in [0.1, 0.15) is 43.0 Å². The Kier molecular flexibility index (Phi) is 7.25. The van der Waals surface area contributed by atoms with Gasteiger partial charge in [0.05, 0.1) is 22.9 Å². The smallest absolute Gasteiger partial charge is 0.255 e. The number of hydrogen-bond acceptors (Lipinski definition) is 5. The lowest BCUT2D eigenvalue weighted by molar-refractivity contribution is 0.0950. The van der Waals surface area contributed by atoms with E-state index in [2.05, 4.69) is 39.7 Å². The molecule has 0 saturated carbocycles. The molecule has 7 nitrogen and oxygen atoms in total. The Morgan fingerprint density at radius 3 is 2.63 bits per heavy atom. The van der Waals surface area contributed by atoms with Crippen molar-refractivity contribution < 1.29 is 9.59 Å². The predicted octanol–water partition coefficient (Wildman–Crippen LogP) is 4.79. The van der Waals surface area contributed by atoms with Crippen LogP contribution in [0.4, 0.5) is 5.69 Å². The molecule has 2 amide bonds. The standard InChI is InChI=1S/C31H27N5O2/c1-36-13-12-23-8-10-28(16-27(23)20-36)35-31(38)25-7-3-5-22(15-25)18-34-30(37)26-9-11-29(33-19-26)24-6-2-4-21(14-24)17-32/h2-11,14-16,19H,12-13,18,20H2,1H3,(H,34,37)(H,35,38). The van der Waals surface area contributed by atoms with Crippen LogP contribution in [0.3, 0.4) is 0 Å². The quantitative estimate of drug-likeness (QED) is 0.396. The summed E-state index contributed by atoms with van der Waals surface area (Å²) in [6.07, 6.45) is 2.54. The number of likely N-dealkylation sites (N-methyl/N-ethyl adjacent to an activating group) is 1. The van der Waals surface area contributed by atoms with Gasteiger partial charge in [0.15, 0.2) is 0 Å². The number of nitriles is 1. The van der Waals surface area contributed by atoms with Gasteiger partial charge in [-0.2, -0.15) is 5.26 Å². The summed E-state index contributed by atoms with van der Waals surface area (Å²) in [7, 11) is 2.10. The Balaban J connectivity index is 1.20. The van der Waals surface area contributed by atoms with Crippen LogP contribution in [0.2, 0.25) is 0 Å². The van der Waals surface area contributed by atoms with Crippen molar-refractivity contribution in [1.29, 1.82) is 5.26 Å². The second kappa shape index (κ2) is 11.1. The van der Waals surface area contributed by atoms with Crippen LogP contribution in [0.25, 0.3) is 11.3 Å². The van der Waals surface area contributed by atoms with Crippen LogP contribution in [-0.2, 0) is 19.5 Å². The Morgan fingerprint density at radius 1 is 0.947 bits per heavy atom. The third kappa shape index (κ3) is 5.77. The molecule has 0 bridgehead atoms. The van der Waals surface area contributed by atoms with Crippen LogP contribution >= 0.6 is 0 Å². The van der Waals surface area contributed by atoms with E-state index in [1.54, 1.807) is 42.5 Å². The zero-order chi connectivity index (χ0) is 26.5. The van der Waals surface area contributed by atoms with Crippen LogP contribution < -0.4 is 10.6 Å². The first kappa shape index (κ1) is 24.9. The molecule has 0 saturated heterocycles. The molecule has 0 aliphatic carbocycles. The van der Waals surface area contributed by atoms with Crippen LogP contribution in [0.15, 0.2) is 85.1 Å². The van der Waals surface area contributed by atoms with Gasteiger partial charge in [0.1, 0.15) is 0 Å². The van der Waals surface area contributed by atoms with Gasteiger partial charge in [0.2, 0.25) is 0 Å². The van der Waals surface area contributed by atoms with Gasteiger partial charge in [-0.1, -0.05) is 30.3 Å². The Bertz CT molecular complexity index is 1540. The second-order valence-corrected chi connectivity index (χ2v) is 9.43. The minimum Gasteiger partial charge on any atom is -0.348 e. The van der Waals surface area contributed by atoms with E-state index in [0.717, 1.165) is 36.3 Å². The monoisotopic (exact) mass is 501 g/mol. The first-order chi connectivity index (χ1) is 18.5. The highest BCUT2D eigenvalue weighted by atomic mass is 16.2. The molecule has 0 spiro atoms. The van der Waals surface area contributed by atoms with Crippen LogP contribution in [-0.4, -0.2) is 35.3 Å². The highest BCUT2D eigenvalue weighted by molar-refractivity contribution is 6.04. The maximum atomic E-state index is 12.9. The molecule has 1 aliphatic rings. The second-order valence-electron chi connectivity index (χ2n) is 9.43. The summed E-state index contributed by atoms with van der Waals surface area (Å²) in [6.45, 7) is 2.19. The molecule has 5 rings (SSSR count). The minimum absolute atomic E-state index is 0.192. The van der Waals surface area contributed by atoms with Crippen LogP contribution in [0.5, 0.6) is 0 Å². The summed E-state index contributed by atoms with van der Waals surface area (Å²) < 4.78 is 0. The van der Waals surface area contributed by atoms with Gasteiger partial charge in [-0.15, -0.1) is 0 Å².